The Morgan fingerprint density at radius 1 is 1.42 bits per heavy atom. The quantitative estimate of drug-likeness (QED) is 0.377. The summed E-state index contributed by atoms with van der Waals surface area (Å²) in [6, 6.07) is 7.36. The molecule has 0 bridgehead atoms. The highest BCUT2D eigenvalue weighted by molar-refractivity contribution is 7.98. The van der Waals surface area contributed by atoms with E-state index < -0.39 is 0 Å². The van der Waals surface area contributed by atoms with Crippen molar-refractivity contribution in [1.29, 1.82) is 0 Å². The molecule has 1 aromatic carbocycles. The molecule has 1 amide bonds. The number of nitrogens with one attached hydrogen (secondary N) is 1. The number of nitrogens with two attached hydrogens (primary N) is 1. The van der Waals surface area contributed by atoms with Gasteiger partial charge in [-0.05, 0) is 18.6 Å². The van der Waals surface area contributed by atoms with Crippen LogP contribution in [-0.2, 0) is 12.8 Å². The number of hydrazine groups is 1. The maximum absolute atomic E-state index is 11.6. The van der Waals surface area contributed by atoms with Crippen molar-refractivity contribution in [1.82, 2.24) is 20.2 Å². The average molecular weight is 277 g/mol. The van der Waals surface area contributed by atoms with Crippen molar-refractivity contribution in [2.24, 2.45) is 12.9 Å². The Labute approximate surface area is 115 Å². The summed E-state index contributed by atoms with van der Waals surface area (Å²) in [6.07, 6.45) is 0. The van der Waals surface area contributed by atoms with E-state index in [-0.39, 0.29) is 5.91 Å². The van der Waals surface area contributed by atoms with E-state index in [1.54, 1.807) is 6.07 Å². The van der Waals surface area contributed by atoms with Gasteiger partial charge in [0.2, 0.25) is 0 Å². The molecule has 0 unspecified atom stereocenters. The number of nitrogen functional groups attached to an aromatic ring is 1. The predicted molar refractivity (Wildman–Crippen MR) is 73.4 cm³/mol. The van der Waals surface area contributed by atoms with Crippen LogP contribution in [0.15, 0.2) is 29.4 Å². The fourth-order valence-electron chi connectivity index (χ4n) is 1.60. The lowest BCUT2D eigenvalue weighted by atomic mass is 10.1. The first-order valence-corrected chi connectivity index (χ1v) is 6.69. The van der Waals surface area contributed by atoms with E-state index in [0.717, 1.165) is 16.5 Å². The number of carbonyl (C=O) groups is 1. The third kappa shape index (κ3) is 2.94. The van der Waals surface area contributed by atoms with Crippen LogP contribution in [0, 0.1) is 6.92 Å². The van der Waals surface area contributed by atoms with Gasteiger partial charge in [0.15, 0.2) is 5.16 Å². The largest absolute Gasteiger partial charge is 0.309 e. The fraction of sp³-hybridized carbons (Fsp3) is 0.250. The number of thioether (sulfide) groups is 1. The highest BCUT2D eigenvalue weighted by atomic mass is 32.2. The second-order valence-corrected chi connectivity index (χ2v) is 4.95. The van der Waals surface area contributed by atoms with Crippen LogP contribution in [0.1, 0.15) is 21.7 Å². The Morgan fingerprint density at radius 3 is 2.79 bits per heavy atom. The molecule has 2 aromatic rings. The maximum atomic E-state index is 11.6. The fourth-order valence-corrected chi connectivity index (χ4v) is 2.56. The highest BCUT2D eigenvalue weighted by Crippen LogP contribution is 2.22. The number of amides is 1. The number of aryl methyl sites for hydroxylation is 1. The summed E-state index contributed by atoms with van der Waals surface area (Å²) in [4.78, 5) is 11.6. The van der Waals surface area contributed by atoms with E-state index in [9.17, 15) is 4.79 Å². The zero-order chi connectivity index (χ0) is 13.8. The monoisotopic (exact) mass is 277 g/mol. The van der Waals surface area contributed by atoms with E-state index >= 15 is 0 Å². The van der Waals surface area contributed by atoms with E-state index in [4.69, 9.17) is 5.84 Å². The van der Waals surface area contributed by atoms with Crippen LogP contribution in [0.4, 0.5) is 0 Å². The lowest BCUT2D eigenvalue weighted by molar-refractivity contribution is 0.0953. The molecule has 100 valence electrons. The zero-order valence-electron chi connectivity index (χ0n) is 10.8. The van der Waals surface area contributed by atoms with E-state index in [1.807, 2.05) is 36.7 Å². The van der Waals surface area contributed by atoms with Crippen LogP contribution in [0.25, 0.3) is 0 Å². The summed E-state index contributed by atoms with van der Waals surface area (Å²) in [7, 11) is 1.91. The van der Waals surface area contributed by atoms with E-state index in [2.05, 4.69) is 15.6 Å². The number of rotatable bonds is 4. The summed E-state index contributed by atoms with van der Waals surface area (Å²) >= 11 is 1.53. The summed E-state index contributed by atoms with van der Waals surface area (Å²) in [5, 5.41) is 8.89. The van der Waals surface area contributed by atoms with Crippen LogP contribution in [0.5, 0.6) is 0 Å². The highest BCUT2D eigenvalue weighted by Gasteiger charge is 2.11. The van der Waals surface area contributed by atoms with Crippen LogP contribution < -0.4 is 11.3 Å². The van der Waals surface area contributed by atoms with Gasteiger partial charge in [0.1, 0.15) is 5.82 Å². The Bertz CT molecular complexity index is 596. The maximum Gasteiger partial charge on any atom is 0.265 e. The summed E-state index contributed by atoms with van der Waals surface area (Å²) in [5.74, 6) is 6.38. The van der Waals surface area contributed by atoms with E-state index in [0.29, 0.717) is 11.3 Å². The molecule has 0 saturated carbocycles. The van der Waals surface area contributed by atoms with Crippen molar-refractivity contribution < 1.29 is 4.79 Å². The molecule has 0 atom stereocenters. The molecule has 0 fully saturated rings. The Balaban J connectivity index is 2.16. The summed E-state index contributed by atoms with van der Waals surface area (Å²) < 4.78 is 1.91. The molecule has 0 saturated heterocycles. The molecule has 7 heteroatoms. The van der Waals surface area contributed by atoms with Gasteiger partial charge in [-0.15, -0.1) is 10.2 Å². The number of nitrogens with zero attached hydrogens (tertiary/aromatic N) is 3. The molecule has 1 aromatic heterocycles. The molecule has 2 rings (SSSR count). The molecule has 3 N–H and O–H groups in total. The smallest absolute Gasteiger partial charge is 0.265 e. The minimum Gasteiger partial charge on any atom is -0.309 e. The first-order chi connectivity index (χ1) is 9.13. The standard InChI is InChI=1S/C12H15N5OS/c1-8-15-16-12(17(8)2)19-7-9-5-3-4-6-10(9)11(18)14-13/h3-6H,7,13H2,1-2H3,(H,14,18). The first kappa shape index (κ1) is 13.6. The van der Waals surface area contributed by atoms with Gasteiger partial charge in [-0.2, -0.15) is 0 Å². The van der Waals surface area contributed by atoms with Crippen LogP contribution in [0.2, 0.25) is 0 Å². The Morgan fingerprint density at radius 2 is 2.16 bits per heavy atom. The lowest BCUT2D eigenvalue weighted by Gasteiger charge is -2.07. The molecule has 0 aliphatic carbocycles. The molecule has 0 spiro atoms. The van der Waals surface area contributed by atoms with Gasteiger partial charge < -0.3 is 4.57 Å². The van der Waals surface area contributed by atoms with Crippen molar-refractivity contribution >= 4 is 17.7 Å². The van der Waals surface area contributed by atoms with Crippen LogP contribution >= 0.6 is 11.8 Å². The van der Waals surface area contributed by atoms with Gasteiger partial charge in [-0.3, -0.25) is 10.2 Å². The minimum absolute atomic E-state index is 0.287. The summed E-state index contributed by atoms with van der Waals surface area (Å²) in [5.41, 5.74) is 3.65. The number of aromatic nitrogens is 3. The second-order valence-electron chi connectivity index (χ2n) is 4.01. The number of carbonyl (C=O) groups excluding carboxylic acids is 1. The van der Waals surface area contributed by atoms with Crippen LogP contribution in [0.3, 0.4) is 0 Å². The van der Waals surface area contributed by atoms with Gasteiger partial charge >= 0.3 is 0 Å². The van der Waals surface area contributed by atoms with Gasteiger partial charge in [0.25, 0.3) is 5.91 Å². The number of hydrogen-bond donors (Lipinski definition) is 2. The lowest BCUT2D eigenvalue weighted by Crippen LogP contribution is -2.30. The van der Waals surface area contributed by atoms with Crippen molar-refractivity contribution in [3.8, 4) is 0 Å². The van der Waals surface area contributed by atoms with Crippen molar-refractivity contribution in [3.63, 3.8) is 0 Å². The summed E-state index contributed by atoms with van der Waals surface area (Å²) in [6.45, 7) is 1.90. The normalized spacial score (nSPS) is 10.5. The second kappa shape index (κ2) is 5.85. The van der Waals surface area contributed by atoms with Gasteiger partial charge in [0, 0.05) is 18.4 Å². The molecule has 0 aliphatic heterocycles. The topological polar surface area (TPSA) is 85.8 Å². The van der Waals surface area contributed by atoms with E-state index in [1.165, 1.54) is 11.8 Å². The average Bonchev–Trinajstić information content (AvgIpc) is 2.76. The molecule has 6 nitrogen and oxygen atoms in total. The van der Waals surface area contributed by atoms with Gasteiger partial charge in [-0.1, -0.05) is 30.0 Å². The number of hydrogen-bond acceptors (Lipinski definition) is 5. The first-order valence-electron chi connectivity index (χ1n) is 5.71. The third-order valence-electron chi connectivity index (χ3n) is 2.80. The molecular formula is C12H15N5OS. The van der Waals surface area contributed by atoms with Crippen molar-refractivity contribution in [2.45, 2.75) is 17.8 Å². The molecule has 19 heavy (non-hydrogen) atoms. The van der Waals surface area contributed by atoms with Gasteiger partial charge in [-0.25, -0.2) is 5.84 Å². The predicted octanol–water partition coefficient (Wildman–Crippen LogP) is 1.02. The molecule has 1 heterocycles. The SMILES string of the molecule is Cc1nnc(SCc2ccccc2C(=O)NN)n1C. The minimum atomic E-state index is -0.287. The third-order valence-corrected chi connectivity index (χ3v) is 3.87. The molecule has 0 aliphatic rings. The molecular weight excluding hydrogens is 262 g/mol. The zero-order valence-corrected chi connectivity index (χ0v) is 11.6. The van der Waals surface area contributed by atoms with Crippen molar-refractivity contribution in [2.75, 3.05) is 0 Å². The van der Waals surface area contributed by atoms with Crippen molar-refractivity contribution in [3.05, 3.63) is 41.2 Å². The Hall–Kier alpha value is -1.86. The Kier molecular flexibility index (Phi) is 4.18. The van der Waals surface area contributed by atoms with Crippen LogP contribution in [-0.4, -0.2) is 20.7 Å². The number of benzene rings is 1. The molecule has 0 radical (unpaired) electrons. The van der Waals surface area contributed by atoms with Gasteiger partial charge in [0.05, 0.1) is 0 Å².